The van der Waals surface area contributed by atoms with Gasteiger partial charge in [0.15, 0.2) is 0 Å². The van der Waals surface area contributed by atoms with Crippen LogP contribution < -0.4 is 5.69 Å². The summed E-state index contributed by atoms with van der Waals surface area (Å²) in [6.45, 7) is 3.89. The van der Waals surface area contributed by atoms with E-state index in [-0.39, 0.29) is 5.69 Å². The fourth-order valence-electron chi connectivity index (χ4n) is 3.83. The third-order valence-corrected chi connectivity index (χ3v) is 5.33. The third kappa shape index (κ3) is 2.58. The van der Waals surface area contributed by atoms with Gasteiger partial charge in [-0.25, -0.2) is 9.36 Å². The number of pyridine rings is 2. The van der Waals surface area contributed by atoms with E-state index in [2.05, 4.69) is 27.2 Å². The smallest absolute Gasteiger partial charge is 0.293 e. The normalized spacial score (nSPS) is 11.6. The number of aryl methyl sites for hydroxylation is 4. The van der Waals surface area contributed by atoms with Crippen molar-refractivity contribution in [2.24, 2.45) is 14.1 Å². The lowest BCUT2D eigenvalue weighted by molar-refractivity contribution is 0.711. The van der Waals surface area contributed by atoms with Crippen molar-refractivity contribution in [3.63, 3.8) is 0 Å². The molecule has 7 heteroatoms. The molecule has 5 aromatic rings. The molecule has 0 fully saturated rings. The standard InChI is InChI=1S/C22H20N6O/c1-13-5-6-16(11-23-13)15-7-8-18-17(10-15)21-19(12-24-18)26(3)22(29)28(21)20-9-14(2)25-27(20)4/h5-12H,1-4H3. The fourth-order valence-corrected chi connectivity index (χ4v) is 3.83. The molecule has 5 rings (SSSR count). The summed E-state index contributed by atoms with van der Waals surface area (Å²) in [5.74, 6) is 0.730. The zero-order valence-electron chi connectivity index (χ0n) is 16.7. The Morgan fingerprint density at radius 2 is 1.66 bits per heavy atom. The third-order valence-electron chi connectivity index (χ3n) is 5.33. The van der Waals surface area contributed by atoms with Gasteiger partial charge in [-0.1, -0.05) is 12.1 Å². The Balaban J connectivity index is 1.89. The van der Waals surface area contributed by atoms with E-state index in [1.807, 2.05) is 51.4 Å². The molecule has 7 nitrogen and oxygen atoms in total. The molecule has 0 aliphatic carbocycles. The predicted octanol–water partition coefficient (Wildman–Crippen LogP) is 3.29. The van der Waals surface area contributed by atoms with E-state index in [1.165, 1.54) is 0 Å². The number of imidazole rings is 1. The molecule has 4 heterocycles. The first-order valence-electron chi connectivity index (χ1n) is 9.38. The van der Waals surface area contributed by atoms with Crippen molar-refractivity contribution in [3.05, 3.63) is 70.7 Å². The second kappa shape index (κ2) is 6.13. The van der Waals surface area contributed by atoms with Gasteiger partial charge >= 0.3 is 5.69 Å². The molecule has 0 atom stereocenters. The second-order valence-electron chi connectivity index (χ2n) is 7.36. The number of hydrogen-bond acceptors (Lipinski definition) is 4. The highest BCUT2D eigenvalue weighted by atomic mass is 16.1. The van der Waals surface area contributed by atoms with Gasteiger partial charge in [-0.3, -0.25) is 19.2 Å². The number of nitrogens with zero attached hydrogens (tertiary/aromatic N) is 6. The molecule has 0 aliphatic heterocycles. The van der Waals surface area contributed by atoms with Crippen molar-refractivity contribution in [1.29, 1.82) is 0 Å². The van der Waals surface area contributed by atoms with Crippen LogP contribution >= 0.6 is 0 Å². The van der Waals surface area contributed by atoms with Gasteiger partial charge in [-0.05, 0) is 37.6 Å². The van der Waals surface area contributed by atoms with E-state index in [0.29, 0.717) is 0 Å². The van der Waals surface area contributed by atoms with Crippen molar-refractivity contribution >= 4 is 21.9 Å². The van der Waals surface area contributed by atoms with Gasteiger partial charge in [0.2, 0.25) is 0 Å². The Labute approximate surface area is 166 Å². The number of benzene rings is 1. The number of hydrogen-bond donors (Lipinski definition) is 0. The molecule has 0 bridgehead atoms. The number of fused-ring (bicyclic) bond motifs is 3. The Kier molecular flexibility index (Phi) is 3.67. The molecule has 0 aliphatic rings. The maximum Gasteiger partial charge on any atom is 0.334 e. The lowest BCUT2D eigenvalue weighted by Crippen LogP contribution is -2.22. The van der Waals surface area contributed by atoms with Crippen molar-refractivity contribution in [2.75, 3.05) is 0 Å². The Hall–Kier alpha value is -3.74. The van der Waals surface area contributed by atoms with Crippen LogP contribution in [0.15, 0.2) is 53.6 Å². The first-order valence-corrected chi connectivity index (χ1v) is 9.38. The lowest BCUT2D eigenvalue weighted by Gasteiger charge is -2.08. The highest BCUT2D eigenvalue weighted by molar-refractivity contribution is 6.04. The highest BCUT2D eigenvalue weighted by Gasteiger charge is 2.19. The van der Waals surface area contributed by atoms with E-state index < -0.39 is 0 Å². The van der Waals surface area contributed by atoms with Gasteiger partial charge < -0.3 is 0 Å². The van der Waals surface area contributed by atoms with Crippen molar-refractivity contribution < 1.29 is 0 Å². The largest absolute Gasteiger partial charge is 0.334 e. The van der Waals surface area contributed by atoms with Crippen LogP contribution in [0, 0.1) is 13.8 Å². The van der Waals surface area contributed by atoms with Crippen LogP contribution in [0.5, 0.6) is 0 Å². The van der Waals surface area contributed by atoms with Gasteiger partial charge in [0, 0.05) is 43.0 Å². The zero-order chi connectivity index (χ0) is 20.3. The molecule has 0 radical (unpaired) electrons. The summed E-state index contributed by atoms with van der Waals surface area (Å²) >= 11 is 0. The Morgan fingerprint density at radius 1 is 0.862 bits per heavy atom. The number of rotatable bonds is 2. The van der Waals surface area contributed by atoms with Crippen molar-refractivity contribution in [3.8, 4) is 16.9 Å². The van der Waals surface area contributed by atoms with Crippen molar-refractivity contribution in [2.45, 2.75) is 13.8 Å². The maximum absolute atomic E-state index is 13.1. The minimum atomic E-state index is -0.125. The van der Waals surface area contributed by atoms with Crippen LogP contribution in [0.2, 0.25) is 0 Å². The molecule has 0 N–H and O–H groups in total. The van der Waals surface area contributed by atoms with Crippen LogP contribution in [-0.4, -0.2) is 28.9 Å². The first kappa shape index (κ1) is 17.4. The molecule has 0 unspecified atom stereocenters. The molecule has 0 saturated heterocycles. The van der Waals surface area contributed by atoms with Gasteiger partial charge in [0.25, 0.3) is 0 Å². The van der Waals surface area contributed by atoms with Crippen LogP contribution in [0.3, 0.4) is 0 Å². The van der Waals surface area contributed by atoms with Gasteiger partial charge in [-0.15, -0.1) is 0 Å². The summed E-state index contributed by atoms with van der Waals surface area (Å²) < 4.78 is 5.08. The summed E-state index contributed by atoms with van der Waals surface area (Å²) in [6.07, 6.45) is 3.62. The average molecular weight is 384 g/mol. The Bertz CT molecular complexity index is 1450. The molecule has 4 aromatic heterocycles. The number of aromatic nitrogens is 6. The highest BCUT2D eigenvalue weighted by Crippen LogP contribution is 2.29. The SMILES string of the molecule is Cc1ccc(-c2ccc3ncc4c(c3c2)n(-c2cc(C)nn2C)c(=O)n4C)cn1. The molecular formula is C22H20N6O. The minimum Gasteiger partial charge on any atom is -0.293 e. The van der Waals surface area contributed by atoms with E-state index in [1.54, 1.807) is 27.1 Å². The molecule has 29 heavy (non-hydrogen) atoms. The van der Waals surface area contributed by atoms with Gasteiger partial charge in [-0.2, -0.15) is 5.10 Å². The second-order valence-corrected chi connectivity index (χ2v) is 7.36. The first-order chi connectivity index (χ1) is 13.9. The topological polar surface area (TPSA) is 70.5 Å². The van der Waals surface area contributed by atoms with E-state index >= 15 is 0 Å². The predicted molar refractivity (Wildman–Crippen MR) is 113 cm³/mol. The average Bonchev–Trinajstić information content (AvgIpc) is 3.17. The zero-order valence-corrected chi connectivity index (χ0v) is 16.7. The monoisotopic (exact) mass is 384 g/mol. The maximum atomic E-state index is 13.1. The molecule has 0 amide bonds. The molecule has 0 saturated carbocycles. The van der Waals surface area contributed by atoms with E-state index in [0.717, 1.165) is 50.3 Å². The molecule has 0 spiro atoms. The summed E-state index contributed by atoms with van der Waals surface area (Å²) in [5, 5.41) is 5.34. The van der Waals surface area contributed by atoms with Crippen LogP contribution in [-0.2, 0) is 14.1 Å². The van der Waals surface area contributed by atoms with Crippen LogP contribution in [0.4, 0.5) is 0 Å². The fraction of sp³-hybridized carbons (Fsp3) is 0.182. The summed E-state index contributed by atoms with van der Waals surface area (Å²) in [5.41, 5.74) is 6.20. The quantitative estimate of drug-likeness (QED) is 0.468. The van der Waals surface area contributed by atoms with E-state index in [9.17, 15) is 4.79 Å². The van der Waals surface area contributed by atoms with Crippen LogP contribution in [0.25, 0.3) is 38.9 Å². The summed E-state index contributed by atoms with van der Waals surface area (Å²) in [4.78, 5) is 22.1. The van der Waals surface area contributed by atoms with Crippen LogP contribution in [0.1, 0.15) is 11.4 Å². The molecular weight excluding hydrogens is 364 g/mol. The summed E-state index contributed by atoms with van der Waals surface area (Å²) in [6, 6.07) is 12.1. The van der Waals surface area contributed by atoms with Crippen molar-refractivity contribution in [1.82, 2.24) is 28.9 Å². The molecule has 144 valence electrons. The summed E-state index contributed by atoms with van der Waals surface area (Å²) in [7, 11) is 3.62. The lowest BCUT2D eigenvalue weighted by atomic mass is 10.0. The van der Waals surface area contributed by atoms with Gasteiger partial charge in [0.05, 0.1) is 28.4 Å². The van der Waals surface area contributed by atoms with Gasteiger partial charge in [0.1, 0.15) is 5.82 Å². The minimum absolute atomic E-state index is 0.125. The Morgan fingerprint density at radius 3 is 2.34 bits per heavy atom. The van der Waals surface area contributed by atoms with E-state index in [4.69, 9.17) is 0 Å². The molecule has 1 aromatic carbocycles.